The van der Waals surface area contributed by atoms with Gasteiger partial charge in [-0.1, -0.05) is 74.1 Å². The summed E-state index contributed by atoms with van der Waals surface area (Å²) in [5.41, 5.74) is 9.65. The van der Waals surface area contributed by atoms with Crippen molar-refractivity contribution in [2.24, 2.45) is 0 Å². The maximum atomic E-state index is 14.5. The number of nitrogens with two attached hydrogens (primary N) is 2. The van der Waals surface area contributed by atoms with Crippen LogP contribution in [0.1, 0.15) is 160 Å². The predicted octanol–water partition coefficient (Wildman–Crippen LogP) is 5.68. The van der Waals surface area contributed by atoms with Gasteiger partial charge in [-0.3, -0.25) is 28.8 Å². The van der Waals surface area contributed by atoms with Crippen LogP contribution >= 0.6 is 0 Å². The molecular weight excluding hydrogens is 1170 g/mol. The van der Waals surface area contributed by atoms with Gasteiger partial charge in [0.25, 0.3) is 23.6 Å². The van der Waals surface area contributed by atoms with Crippen molar-refractivity contribution in [2.45, 2.75) is 127 Å². The minimum Gasteiger partial charge on any atom is -0.484 e. The number of piperazine rings is 2. The molecule has 1 unspecified atom stereocenters. The van der Waals surface area contributed by atoms with Crippen molar-refractivity contribution < 1.29 is 63.4 Å². The molecule has 0 bridgehead atoms. The van der Waals surface area contributed by atoms with Gasteiger partial charge in [-0.15, -0.1) is 5.10 Å². The molecule has 20 nitrogen and oxygen atoms in total. The lowest BCUT2D eigenvalue weighted by Crippen LogP contribution is -2.81. The van der Waals surface area contributed by atoms with E-state index in [-0.39, 0.29) is 72.3 Å². The number of hydrogen-bond acceptors (Lipinski definition) is 10. The van der Waals surface area contributed by atoms with E-state index in [1.54, 1.807) is 40.1 Å². The van der Waals surface area contributed by atoms with Gasteiger partial charge in [0.1, 0.15) is 54.5 Å². The Balaban J connectivity index is 0.000000191. The topological polar surface area (TPSA) is 241 Å². The molecule has 5 heterocycles. The SMILES string of the molecule is CC(=O)Nc1cc(F)cc(C(=O)N2CCN(C(=O)c3ccc(O[C@H]4CC[NH2+]C4)c(C4CCCCC4)c3)C(C(=O)N(C)Cc3ccccc3)C2)c1.[NH3+]Cc1cn(-c2cc(F)cc(C(=O)N3CCN(C(=O)c4ccc(O[C@H]5CC[NH2+]C5)c(C5CCCCC5)c4)CC3)c2)nn1. The zero-order valence-corrected chi connectivity index (χ0v) is 52.9. The van der Waals surface area contributed by atoms with Crippen LogP contribution in [-0.2, 0) is 22.7 Å². The highest BCUT2D eigenvalue weighted by Crippen LogP contribution is 2.41. The summed E-state index contributed by atoms with van der Waals surface area (Å²) in [6.45, 7) is 7.89. The van der Waals surface area contributed by atoms with E-state index in [1.165, 1.54) is 60.4 Å². The lowest BCUT2D eigenvalue weighted by molar-refractivity contribution is -0.638. The summed E-state index contributed by atoms with van der Waals surface area (Å²) in [6, 6.07) is 28.1. The number of nitrogens with zero attached hydrogens (tertiary/aromatic N) is 8. The second kappa shape index (κ2) is 30.2. The third-order valence-corrected chi connectivity index (χ3v) is 18.8. The van der Waals surface area contributed by atoms with E-state index >= 15 is 0 Å². The van der Waals surface area contributed by atoms with Crippen LogP contribution < -0.4 is 31.2 Å². The lowest BCUT2D eigenvalue weighted by atomic mass is 9.83. The van der Waals surface area contributed by atoms with Crippen molar-refractivity contribution in [3.63, 3.8) is 0 Å². The second-order valence-electron chi connectivity index (χ2n) is 25.4. The molecule has 22 heteroatoms. The zero-order valence-electron chi connectivity index (χ0n) is 52.9. The molecule has 92 heavy (non-hydrogen) atoms. The quantitative estimate of drug-likeness (QED) is 0.0925. The van der Waals surface area contributed by atoms with Gasteiger partial charge in [-0.05, 0) is 127 Å². The highest BCUT2D eigenvalue weighted by atomic mass is 19.1. The van der Waals surface area contributed by atoms with Gasteiger partial charge >= 0.3 is 0 Å². The number of rotatable bonds is 16. The molecule has 6 amide bonds. The van der Waals surface area contributed by atoms with Crippen LogP contribution in [0.3, 0.4) is 0 Å². The first-order valence-corrected chi connectivity index (χ1v) is 33.0. The molecule has 2 aliphatic carbocycles. The zero-order chi connectivity index (χ0) is 64.3. The molecular formula is C70H87F2N12O8+3. The molecule has 8 N–H and O–H groups in total. The first-order valence-electron chi connectivity index (χ1n) is 33.0. The molecule has 486 valence electrons. The summed E-state index contributed by atoms with van der Waals surface area (Å²) in [5.74, 6) is -0.471. The molecule has 4 aliphatic heterocycles. The molecule has 6 aromatic rings. The van der Waals surface area contributed by atoms with Gasteiger partial charge in [-0.25, -0.2) is 13.5 Å². The fraction of sp³-hybridized carbons (Fsp3) is 0.457. The average molecular weight is 1260 g/mol. The fourth-order valence-corrected chi connectivity index (χ4v) is 13.9. The number of nitrogens with one attached hydrogen (secondary N) is 1. The van der Waals surface area contributed by atoms with Gasteiger partial charge in [0.15, 0.2) is 12.2 Å². The highest BCUT2D eigenvalue weighted by Gasteiger charge is 2.40. The largest absolute Gasteiger partial charge is 0.484 e. The van der Waals surface area contributed by atoms with Crippen LogP contribution in [0, 0.1) is 11.6 Å². The monoisotopic (exact) mass is 1260 g/mol. The van der Waals surface area contributed by atoms with Crippen LogP contribution in [0.2, 0.25) is 0 Å². The number of hydrogen-bond donors (Lipinski definition) is 4. The first-order chi connectivity index (χ1) is 44.6. The van der Waals surface area contributed by atoms with Gasteiger partial charge in [0, 0.05) is 101 Å². The lowest BCUT2D eigenvalue weighted by Gasteiger charge is -2.42. The van der Waals surface area contributed by atoms with Crippen molar-refractivity contribution in [1.29, 1.82) is 0 Å². The number of aromatic nitrogens is 3. The third-order valence-electron chi connectivity index (χ3n) is 18.8. The van der Waals surface area contributed by atoms with E-state index in [0.717, 1.165) is 118 Å². The highest BCUT2D eigenvalue weighted by molar-refractivity contribution is 6.01. The number of likely N-dealkylation sites (N-methyl/N-ethyl adjacent to an activating group) is 1. The predicted molar refractivity (Wildman–Crippen MR) is 340 cm³/mol. The van der Waals surface area contributed by atoms with Crippen LogP contribution in [-0.4, -0.2) is 172 Å². The van der Waals surface area contributed by atoms with Gasteiger partial charge in [-0.2, -0.15) is 0 Å². The summed E-state index contributed by atoms with van der Waals surface area (Å²) in [7, 11) is 1.69. The van der Waals surface area contributed by atoms with Crippen molar-refractivity contribution in [2.75, 3.05) is 84.4 Å². The molecule has 6 aliphatic rings. The van der Waals surface area contributed by atoms with Crippen molar-refractivity contribution in [3.05, 3.63) is 166 Å². The van der Waals surface area contributed by atoms with Crippen molar-refractivity contribution >= 4 is 41.1 Å². The Morgan fingerprint density at radius 3 is 1.68 bits per heavy atom. The number of carbonyl (C=O) groups excluding carboxylic acids is 6. The standard InChI is InChI=1S/C39H46FN5O5.C31H38FN7O3/c1-26(46)42-32-20-30(19-31(40)22-32)37(47)44-17-18-45(35(25-44)39(49)43(2)24-27-9-5-3-6-10-27)38(48)29-13-14-36(50-33-15-16-41-23-33)34(21-29)28-11-7-4-8-12-28;32-24-14-23(15-26(17-24)39-20-25(18-33)35-36-39)31(41)38-12-10-37(11-13-38)30(40)22-6-7-29(42-27-8-9-34-19-27)28(16-22)21-4-2-1-3-5-21/h3,5-6,9-10,13-14,19-22,28,33,35,41H,4,7-8,11-12,15-18,23-25H2,1-2H3,(H,42,46);6-7,14-17,20-21,27,34H,1-5,8-13,18-19,33H2/p+3/t33-,35?;27-/m00/s1. The summed E-state index contributed by atoms with van der Waals surface area (Å²) < 4.78 is 43.4. The summed E-state index contributed by atoms with van der Waals surface area (Å²) in [6.07, 6.45) is 15.6. The molecule has 3 atom stereocenters. The van der Waals surface area contributed by atoms with E-state index in [4.69, 9.17) is 9.47 Å². The van der Waals surface area contributed by atoms with E-state index in [9.17, 15) is 37.5 Å². The van der Waals surface area contributed by atoms with E-state index in [1.807, 2.05) is 59.5 Å². The molecule has 0 spiro atoms. The Morgan fingerprint density at radius 1 is 0.609 bits per heavy atom. The van der Waals surface area contributed by atoms with Crippen LogP contribution in [0.5, 0.6) is 11.5 Å². The fourth-order valence-electron chi connectivity index (χ4n) is 13.9. The molecule has 4 saturated heterocycles. The summed E-state index contributed by atoms with van der Waals surface area (Å²) in [4.78, 5) is 89.1. The molecule has 6 fully saturated rings. The minimum atomic E-state index is -0.972. The number of carbonyl (C=O) groups is 6. The molecule has 2 saturated carbocycles. The Bertz CT molecular complexity index is 3590. The average Bonchev–Trinajstić information content (AvgIpc) is 1.08. The van der Waals surface area contributed by atoms with Gasteiger partial charge in [0.05, 0.1) is 31.5 Å². The van der Waals surface area contributed by atoms with E-state index < -0.39 is 29.5 Å². The number of quaternary nitrogens is 3. The van der Waals surface area contributed by atoms with Crippen LogP contribution in [0.25, 0.3) is 5.69 Å². The Morgan fingerprint density at radius 2 is 1.14 bits per heavy atom. The number of anilines is 1. The van der Waals surface area contributed by atoms with E-state index in [2.05, 4.69) is 38.1 Å². The molecule has 12 rings (SSSR count). The van der Waals surface area contributed by atoms with E-state index in [0.29, 0.717) is 73.6 Å². The number of amides is 6. The molecule has 0 radical (unpaired) electrons. The maximum Gasteiger partial charge on any atom is 0.254 e. The summed E-state index contributed by atoms with van der Waals surface area (Å²) in [5, 5.41) is 15.1. The number of benzene rings is 5. The second-order valence-corrected chi connectivity index (χ2v) is 25.4. The summed E-state index contributed by atoms with van der Waals surface area (Å²) >= 11 is 0. The molecule has 1 aromatic heterocycles. The first kappa shape index (κ1) is 64.9. The molecule has 5 aromatic carbocycles. The minimum absolute atomic E-state index is 0.0275. The van der Waals surface area contributed by atoms with Crippen molar-refractivity contribution in [1.82, 2.24) is 39.5 Å². The van der Waals surface area contributed by atoms with Gasteiger partial charge in [0.2, 0.25) is 11.8 Å². The van der Waals surface area contributed by atoms with Gasteiger partial charge < -0.3 is 55.7 Å². The number of halogens is 2. The Kier molecular flexibility index (Phi) is 21.3. The van der Waals surface area contributed by atoms with Crippen molar-refractivity contribution in [3.8, 4) is 17.2 Å². The smallest absolute Gasteiger partial charge is 0.254 e. The maximum absolute atomic E-state index is 14.5. The number of ether oxygens (including phenoxy) is 2. The Labute approximate surface area is 536 Å². The van der Waals surface area contributed by atoms with Crippen LogP contribution in [0.15, 0.2) is 109 Å². The third kappa shape index (κ3) is 16.0. The Hall–Kier alpha value is -8.60. The van der Waals surface area contributed by atoms with Crippen LogP contribution in [0.4, 0.5) is 14.5 Å². The normalized spacial score (nSPS) is 19.6.